The van der Waals surface area contributed by atoms with E-state index in [-0.39, 0.29) is 0 Å². The fourth-order valence-corrected chi connectivity index (χ4v) is 2.83. The van der Waals surface area contributed by atoms with Gasteiger partial charge in [0.1, 0.15) is 11.6 Å². The first-order valence-electron chi connectivity index (χ1n) is 7.22. The Labute approximate surface area is 114 Å². The summed E-state index contributed by atoms with van der Waals surface area (Å²) in [6, 6.07) is 2.18. The molecule has 0 aromatic carbocycles. The molecule has 2 aliphatic heterocycles. The third kappa shape index (κ3) is 3.04. The molecule has 1 unspecified atom stereocenters. The molecular weight excluding hydrogens is 240 g/mol. The Morgan fingerprint density at radius 2 is 2.26 bits per heavy atom. The number of hydrogen-bond donors (Lipinski definition) is 1. The molecule has 0 spiro atoms. The first-order chi connectivity index (χ1) is 9.33. The molecule has 104 valence electrons. The molecule has 1 atom stereocenters. The van der Waals surface area contributed by atoms with Gasteiger partial charge in [-0.3, -0.25) is 0 Å². The van der Waals surface area contributed by atoms with E-state index < -0.39 is 0 Å². The Hall–Kier alpha value is -1.20. The van der Waals surface area contributed by atoms with Crippen molar-refractivity contribution in [2.75, 3.05) is 44.3 Å². The summed E-state index contributed by atoms with van der Waals surface area (Å²) in [4.78, 5) is 11.6. The van der Waals surface area contributed by atoms with Crippen molar-refractivity contribution < 1.29 is 4.74 Å². The molecule has 5 heteroatoms. The van der Waals surface area contributed by atoms with Crippen molar-refractivity contribution in [1.29, 1.82) is 0 Å². The lowest BCUT2D eigenvalue weighted by molar-refractivity contribution is 0.152. The summed E-state index contributed by atoms with van der Waals surface area (Å²) < 4.78 is 5.51. The van der Waals surface area contributed by atoms with Gasteiger partial charge in [-0.15, -0.1) is 0 Å². The van der Waals surface area contributed by atoms with Crippen LogP contribution in [0.2, 0.25) is 0 Å². The molecule has 3 rings (SSSR count). The van der Waals surface area contributed by atoms with Gasteiger partial charge in [0, 0.05) is 38.2 Å². The quantitative estimate of drug-likeness (QED) is 0.864. The predicted molar refractivity (Wildman–Crippen MR) is 74.6 cm³/mol. The summed E-state index contributed by atoms with van der Waals surface area (Å²) in [6.45, 7) is 7.74. The summed E-state index contributed by atoms with van der Waals surface area (Å²) in [5.74, 6) is 2.49. The second-order valence-electron chi connectivity index (χ2n) is 5.34. The van der Waals surface area contributed by atoms with Gasteiger partial charge in [-0.2, -0.15) is 0 Å². The van der Waals surface area contributed by atoms with Crippen LogP contribution in [0.3, 0.4) is 0 Å². The van der Waals surface area contributed by atoms with E-state index in [1.54, 1.807) is 0 Å². The summed E-state index contributed by atoms with van der Waals surface area (Å²) in [6.07, 6.45) is 2.25. The van der Waals surface area contributed by atoms with Crippen LogP contribution in [0, 0.1) is 6.92 Å². The lowest BCUT2D eigenvalue weighted by atomic mass is 10.0. The number of aryl methyl sites for hydroxylation is 1. The number of aromatic nitrogens is 2. The van der Waals surface area contributed by atoms with Gasteiger partial charge in [0.2, 0.25) is 0 Å². The van der Waals surface area contributed by atoms with Crippen LogP contribution in [0.25, 0.3) is 0 Å². The maximum atomic E-state index is 5.51. The van der Waals surface area contributed by atoms with Gasteiger partial charge in [-0.05, 0) is 26.3 Å². The molecule has 0 amide bonds. The average molecular weight is 262 g/mol. The third-order valence-corrected chi connectivity index (χ3v) is 3.87. The lowest BCUT2D eigenvalue weighted by Gasteiger charge is -2.22. The van der Waals surface area contributed by atoms with Crippen LogP contribution >= 0.6 is 0 Å². The molecule has 1 N–H and O–H groups in total. The van der Waals surface area contributed by atoms with Crippen LogP contribution in [-0.4, -0.2) is 49.4 Å². The summed E-state index contributed by atoms with van der Waals surface area (Å²) in [5.41, 5.74) is 1.19. The molecule has 3 heterocycles. The third-order valence-electron chi connectivity index (χ3n) is 3.87. The Morgan fingerprint density at radius 3 is 3.11 bits per heavy atom. The number of anilines is 1. The van der Waals surface area contributed by atoms with Gasteiger partial charge < -0.3 is 15.0 Å². The van der Waals surface area contributed by atoms with E-state index in [1.807, 2.05) is 6.92 Å². The first-order valence-corrected chi connectivity index (χ1v) is 7.22. The topological polar surface area (TPSA) is 50.3 Å². The van der Waals surface area contributed by atoms with Crippen molar-refractivity contribution in [3.8, 4) is 0 Å². The van der Waals surface area contributed by atoms with Gasteiger partial charge in [-0.1, -0.05) is 0 Å². The van der Waals surface area contributed by atoms with Gasteiger partial charge in [0.25, 0.3) is 0 Å². The highest BCUT2D eigenvalue weighted by Gasteiger charge is 2.20. The van der Waals surface area contributed by atoms with E-state index >= 15 is 0 Å². The SMILES string of the molecule is Cc1nc(C2CCNC2)cc(N2CCCOCC2)n1. The molecule has 5 nitrogen and oxygen atoms in total. The van der Waals surface area contributed by atoms with E-state index in [2.05, 4.69) is 26.3 Å². The van der Waals surface area contributed by atoms with Crippen LogP contribution in [0.15, 0.2) is 6.07 Å². The zero-order chi connectivity index (χ0) is 13.1. The molecule has 0 saturated carbocycles. The Morgan fingerprint density at radius 1 is 1.32 bits per heavy atom. The van der Waals surface area contributed by atoms with Crippen molar-refractivity contribution in [2.45, 2.75) is 25.7 Å². The minimum atomic E-state index is 0.545. The number of nitrogens with one attached hydrogen (secondary N) is 1. The van der Waals surface area contributed by atoms with E-state index in [9.17, 15) is 0 Å². The second-order valence-corrected chi connectivity index (χ2v) is 5.34. The maximum Gasteiger partial charge on any atom is 0.132 e. The molecule has 1 aromatic heterocycles. The van der Waals surface area contributed by atoms with Gasteiger partial charge in [0.15, 0.2) is 0 Å². The number of nitrogens with zero attached hydrogens (tertiary/aromatic N) is 3. The van der Waals surface area contributed by atoms with Crippen LogP contribution in [0.5, 0.6) is 0 Å². The smallest absolute Gasteiger partial charge is 0.132 e. The second kappa shape index (κ2) is 5.84. The Balaban J connectivity index is 1.83. The first kappa shape index (κ1) is 12.8. The van der Waals surface area contributed by atoms with Gasteiger partial charge in [0.05, 0.1) is 12.3 Å². The van der Waals surface area contributed by atoms with Crippen LogP contribution in [-0.2, 0) is 4.74 Å². The predicted octanol–water partition coefficient (Wildman–Crippen LogP) is 1.09. The lowest BCUT2D eigenvalue weighted by Crippen LogP contribution is -2.27. The molecule has 0 bridgehead atoms. The number of hydrogen-bond acceptors (Lipinski definition) is 5. The summed E-state index contributed by atoms with van der Waals surface area (Å²) in [7, 11) is 0. The standard InChI is InChI=1S/C14H22N4O/c1-11-16-13(12-3-4-15-10-12)9-14(17-11)18-5-2-7-19-8-6-18/h9,12,15H,2-8,10H2,1H3. The molecule has 0 aliphatic carbocycles. The van der Waals surface area contributed by atoms with Crippen molar-refractivity contribution in [3.63, 3.8) is 0 Å². The fraction of sp³-hybridized carbons (Fsp3) is 0.714. The zero-order valence-corrected chi connectivity index (χ0v) is 11.6. The average Bonchev–Trinajstić information content (AvgIpc) is 2.81. The van der Waals surface area contributed by atoms with E-state index in [4.69, 9.17) is 4.74 Å². The monoisotopic (exact) mass is 262 g/mol. The van der Waals surface area contributed by atoms with E-state index in [1.165, 1.54) is 12.1 Å². The largest absolute Gasteiger partial charge is 0.380 e. The van der Waals surface area contributed by atoms with Gasteiger partial charge >= 0.3 is 0 Å². The molecule has 19 heavy (non-hydrogen) atoms. The normalized spacial score (nSPS) is 24.5. The number of ether oxygens (including phenoxy) is 1. The summed E-state index contributed by atoms with van der Waals surface area (Å²) in [5, 5.41) is 3.41. The van der Waals surface area contributed by atoms with Crippen LogP contribution < -0.4 is 10.2 Å². The summed E-state index contributed by atoms with van der Waals surface area (Å²) >= 11 is 0. The molecule has 0 radical (unpaired) electrons. The van der Waals surface area contributed by atoms with Crippen molar-refractivity contribution >= 4 is 5.82 Å². The highest BCUT2D eigenvalue weighted by molar-refractivity contribution is 5.41. The minimum Gasteiger partial charge on any atom is -0.380 e. The van der Waals surface area contributed by atoms with E-state index in [0.717, 1.165) is 57.5 Å². The van der Waals surface area contributed by atoms with Crippen LogP contribution in [0.1, 0.15) is 30.3 Å². The Bertz CT molecular complexity index is 423. The molecular formula is C14H22N4O. The fourth-order valence-electron chi connectivity index (χ4n) is 2.83. The van der Waals surface area contributed by atoms with Crippen molar-refractivity contribution in [2.24, 2.45) is 0 Å². The van der Waals surface area contributed by atoms with Crippen molar-refractivity contribution in [1.82, 2.24) is 15.3 Å². The van der Waals surface area contributed by atoms with E-state index in [0.29, 0.717) is 5.92 Å². The Kier molecular flexibility index (Phi) is 3.94. The molecule has 2 aliphatic rings. The van der Waals surface area contributed by atoms with Crippen molar-refractivity contribution in [3.05, 3.63) is 17.6 Å². The van der Waals surface area contributed by atoms with Crippen LogP contribution in [0.4, 0.5) is 5.82 Å². The molecule has 1 aromatic rings. The zero-order valence-electron chi connectivity index (χ0n) is 11.6. The van der Waals surface area contributed by atoms with Gasteiger partial charge in [-0.25, -0.2) is 9.97 Å². The minimum absolute atomic E-state index is 0.545. The highest BCUT2D eigenvalue weighted by Crippen LogP contribution is 2.24. The number of rotatable bonds is 2. The maximum absolute atomic E-state index is 5.51. The molecule has 2 fully saturated rings. The highest BCUT2D eigenvalue weighted by atomic mass is 16.5. The molecule has 2 saturated heterocycles.